The van der Waals surface area contributed by atoms with Gasteiger partial charge in [-0.05, 0) is 34.4 Å². The van der Waals surface area contributed by atoms with Gasteiger partial charge in [-0.1, -0.05) is 66.7 Å². The number of sulfone groups is 2. The number of hydrogen-bond acceptors (Lipinski definition) is 4. The zero-order chi connectivity index (χ0) is 20.6. The molecule has 0 fully saturated rings. The molecule has 29 heavy (non-hydrogen) atoms. The van der Waals surface area contributed by atoms with E-state index < -0.39 is 24.1 Å². The Kier molecular flexibility index (Phi) is 4.55. The van der Waals surface area contributed by atoms with Crippen molar-refractivity contribution in [3.8, 4) is 0 Å². The fourth-order valence-electron chi connectivity index (χ4n) is 3.29. The molecule has 0 unspecified atom stereocenters. The zero-order valence-electron chi connectivity index (χ0n) is 14.9. The molecule has 0 aliphatic rings. The Morgan fingerprint density at radius 3 is 2.00 bits per heavy atom. The molecule has 0 saturated carbocycles. The molecule has 0 heterocycles. The van der Waals surface area contributed by atoms with E-state index in [1.165, 1.54) is 36.4 Å². The Bertz CT molecular complexity index is 1520. The molecule has 0 spiro atoms. The molecule has 4 aromatic rings. The Balaban J connectivity index is 2.00. The standard InChI is InChI=1S/C21H14N2O4S2/c22-23-21(28(24,25)16-8-2-1-3-9-16)29(26,27)20-12-6-11-18-17-10-5-4-7-15(17)13-14-19(18)20/h1-14H. The molecule has 0 aliphatic carbocycles. The number of hydrogen-bond donors (Lipinski definition) is 0. The first-order chi connectivity index (χ1) is 13.9. The lowest BCUT2D eigenvalue weighted by Crippen LogP contribution is -2.26. The number of benzene rings is 4. The fraction of sp³-hybridized carbons (Fsp3) is 0. The molecule has 0 atom stereocenters. The minimum atomic E-state index is -4.64. The van der Waals surface area contributed by atoms with Crippen LogP contribution >= 0.6 is 0 Å². The van der Waals surface area contributed by atoms with Gasteiger partial charge in [-0.2, -0.15) is 0 Å². The molecule has 8 heteroatoms. The Morgan fingerprint density at radius 2 is 1.28 bits per heavy atom. The van der Waals surface area contributed by atoms with Crippen LogP contribution in [0.3, 0.4) is 0 Å². The second kappa shape index (κ2) is 6.93. The van der Waals surface area contributed by atoms with Gasteiger partial charge in [0.15, 0.2) is 0 Å². The van der Waals surface area contributed by atoms with E-state index in [-0.39, 0.29) is 9.79 Å². The summed E-state index contributed by atoms with van der Waals surface area (Å²) in [6.45, 7) is 0. The van der Waals surface area contributed by atoms with Gasteiger partial charge in [-0.3, -0.25) is 0 Å². The average molecular weight is 422 g/mol. The average Bonchev–Trinajstić information content (AvgIpc) is 2.74. The van der Waals surface area contributed by atoms with E-state index in [4.69, 9.17) is 0 Å². The van der Waals surface area contributed by atoms with Crippen LogP contribution in [0.25, 0.3) is 27.1 Å². The third-order valence-corrected chi connectivity index (χ3v) is 8.86. The van der Waals surface area contributed by atoms with E-state index in [9.17, 15) is 22.4 Å². The second-order valence-corrected chi connectivity index (χ2v) is 10.3. The van der Waals surface area contributed by atoms with Gasteiger partial charge < -0.3 is 5.53 Å². The van der Waals surface area contributed by atoms with Crippen LogP contribution in [-0.4, -0.2) is 26.0 Å². The van der Waals surface area contributed by atoms with Crippen LogP contribution in [0.2, 0.25) is 0 Å². The van der Waals surface area contributed by atoms with Crippen LogP contribution < -0.4 is 0 Å². The Labute approximate surface area is 167 Å². The maximum atomic E-state index is 13.3. The van der Waals surface area contributed by atoms with Gasteiger partial charge in [-0.25, -0.2) is 16.8 Å². The summed E-state index contributed by atoms with van der Waals surface area (Å²) in [5.41, 5.74) is 9.39. The maximum absolute atomic E-state index is 13.3. The highest BCUT2D eigenvalue weighted by Crippen LogP contribution is 2.31. The van der Waals surface area contributed by atoms with Crippen molar-refractivity contribution in [3.05, 3.63) is 90.5 Å². The van der Waals surface area contributed by atoms with Gasteiger partial charge in [0.25, 0.3) is 19.7 Å². The molecule has 0 radical (unpaired) electrons. The van der Waals surface area contributed by atoms with Crippen LogP contribution in [0.15, 0.2) is 94.7 Å². The van der Waals surface area contributed by atoms with Gasteiger partial charge in [0.1, 0.15) is 0 Å². The van der Waals surface area contributed by atoms with Gasteiger partial charge in [-0.15, -0.1) is 4.79 Å². The number of rotatable bonds is 2. The van der Waals surface area contributed by atoms with Gasteiger partial charge in [0.05, 0.1) is 9.79 Å². The van der Waals surface area contributed by atoms with Crippen molar-refractivity contribution in [1.29, 1.82) is 0 Å². The summed E-state index contributed by atoms with van der Waals surface area (Å²) in [5, 5.41) is 2.74. The van der Waals surface area contributed by atoms with Crippen LogP contribution in [0, 0.1) is 0 Å². The summed E-state index contributed by atoms with van der Waals surface area (Å²) < 4.78 is 50.9. The van der Waals surface area contributed by atoms with E-state index in [2.05, 4.69) is 4.79 Å². The predicted molar refractivity (Wildman–Crippen MR) is 111 cm³/mol. The van der Waals surface area contributed by atoms with Crippen LogP contribution in [0.4, 0.5) is 0 Å². The van der Waals surface area contributed by atoms with Crippen molar-refractivity contribution in [2.75, 3.05) is 0 Å². The fourth-order valence-corrected chi connectivity index (χ4v) is 6.85. The molecule has 0 amide bonds. The minimum Gasteiger partial charge on any atom is -0.359 e. The van der Waals surface area contributed by atoms with Gasteiger partial charge in [0, 0.05) is 5.39 Å². The Morgan fingerprint density at radius 1 is 0.621 bits per heavy atom. The molecular weight excluding hydrogens is 408 g/mol. The van der Waals surface area contributed by atoms with E-state index in [1.54, 1.807) is 24.3 Å². The van der Waals surface area contributed by atoms with Gasteiger partial charge in [0.2, 0.25) is 0 Å². The van der Waals surface area contributed by atoms with E-state index >= 15 is 0 Å². The maximum Gasteiger partial charge on any atom is 0.504 e. The molecule has 0 aromatic heterocycles. The third kappa shape index (κ3) is 3.03. The largest absolute Gasteiger partial charge is 0.504 e. The molecular formula is C21H14N2O4S2. The molecule has 0 N–H and O–H groups in total. The first-order valence-corrected chi connectivity index (χ1v) is 11.5. The normalized spacial score (nSPS) is 12.0. The molecule has 0 aliphatic heterocycles. The summed E-state index contributed by atoms with van der Waals surface area (Å²) in [7, 11) is -9.20. The number of nitrogens with zero attached hydrogens (tertiary/aromatic N) is 2. The SMILES string of the molecule is [N-]=[N+]=C(S(=O)(=O)c1ccccc1)S(=O)(=O)c1cccc2c1ccc1ccccc12. The molecule has 4 aromatic carbocycles. The summed E-state index contributed by atoms with van der Waals surface area (Å²) in [6.07, 6.45) is 0. The second-order valence-electron chi connectivity index (χ2n) is 6.32. The van der Waals surface area contributed by atoms with Crippen molar-refractivity contribution >= 4 is 45.6 Å². The quantitative estimate of drug-likeness (QED) is 0.161. The van der Waals surface area contributed by atoms with Gasteiger partial charge >= 0.3 is 4.38 Å². The third-order valence-electron chi connectivity index (χ3n) is 4.63. The van der Waals surface area contributed by atoms with Crippen LogP contribution in [0.5, 0.6) is 0 Å². The van der Waals surface area contributed by atoms with Crippen LogP contribution in [-0.2, 0) is 19.7 Å². The van der Waals surface area contributed by atoms with E-state index in [0.29, 0.717) is 10.8 Å². The van der Waals surface area contributed by atoms with E-state index in [0.717, 1.165) is 10.8 Å². The number of fused-ring (bicyclic) bond motifs is 3. The lowest BCUT2D eigenvalue weighted by atomic mass is 10.0. The summed E-state index contributed by atoms with van der Waals surface area (Å²) in [5.74, 6) is 0. The lowest BCUT2D eigenvalue weighted by molar-refractivity contribution is 0.00381. The minimum absolute atomic E-state index is 0.243. The molecule has 0 saturated heterocycles. The summed E-state index contributed by atoms with van der Waals surface area (Å²) >= 11 is 0. The van der Waals surface area contributed by atoms with Crippen molar-refractivity contribution in [2.45, 2.75) is 9.79 Å². The smallest absolute Gasteiger partial charge is 0.359 e. The van der Waals surface area contributed by atoms with Crippen LogP contribution in [0.1, 0.15) is 0 Å². The Hall–Kier alpha value is -3.32. The first-order valence-electron chi connectivity index (χ1n) is 8.55. The predicted octanol–water partition coefficient (Wildman–Crippen LogP) is 3.83. The summed E-state index contributed by atoms with van der Waals surface area (Å²) in [4.78, 5) is 2.18. The lowest BCUT2D eigenvalue weighted by Gasteiger charge is -2.08. The highest BCUT2D eigenvalue weighted by molar-refractivity contribution is 8.31. The van der Waals surface area contributed by atoms with Crippen molar-refractivity contribution in [3.63, 3.8) is 0 Å². The highest BCUT2D eigenvalue weighted by atomic mass is 32.3. The monoisotopic (exact) mass is 422 g/mol. The highest BCUT2D eigenvalue weighted by Gasteiger charge is 2.44. The van der Waals surface area contributed by atoms with Crippen molar-refractivity contribution < 1.29 is 21.6 Å². The summed E-state index contributed by atoms with van der Waals surface area (Å²) in [6, 6.07) is 22.4. The molecule has 0 bridgehead atoms. The molecule has 4 rings (SSSR count). The zero-order valence-corrected chi connectivity index (χ0v) is 16.6. The van der Waals surface area contributed by atoms with Crippen molar-refractivity contribution in [1.82, 2.24) is 0 Å². The molecule has 144 valence electrons. The van der Waals surface area contributed by atoms with E-state index in [1.807, 2.05) is 24.3 Å². The topological polar surface area (TPSA) is 105 Å². The first kappa shape index (κ1) is 19.0. The molecule has 6 nitrogen and oxygen atoms in total. The van der Waals surface area contributed by atoms with Crippen molar-refractivity contribution in [2.24, 2.45) is 0 Å².